The van der Waals surface area contributed by atoms with Crippen molar-refractivity contribution in [3.63, 3.8) is 0 Å². The topological polar surface area (TPSA) is 89.1 Å². The number of hydrogen-bond acceptors (Lipinski definition) is 5. The molecule has 2 aliphatic rings. The number of ether oxygens (including phenoxy) is 2. The number of aromatic nitrogens is 3. The molecule has 0 unspecified atom stereocenters. The van der Waals surface area contributed by atoms with Crippen LogP contribution in [0.5, 0.6) is 17.2 Å². The zero-order chi connectivity index (χ0) is 22.2. The molecule has 2 aromatic heterocycles. The minimum atomic E-state index is -0.0162. The van der Waals surface area contributed by atoms with Crippen LogP contribution in [0.1, 0.15) is 29.3 Å². The quantitative estimate of drug-likeness (QED) is 0.475. The van der Waals surface area contributed by atoms with Crippen LogP contribution < -0.4 is 14.8 Å². The van der Waals surface area contributed by atoms with Gasteiger partial charge in [-0.25, -0.2) is 9.97 Å². The van der Waals surface area contributed by atoms with Crippen molar-refractivity contribution < 1.29 is 14.3 Å². The van der Waals surface area contributed by atoms with Crippen LogP contribution in [0.3, 0.4) is 0 Å². The lowest BCUT2D eigenvalue weighted by Gasteiger charge is -2.25. The molecule has 0 aliphatic carbocycles. The monoisotopic (exact) mass is 438 g/mol. The summed E-state index contributed by atoms with van der Waals surface area (Å²) < 4.78 is 12.3. The molecule has 0 spiro atoms. The Morgan fingerprint density at radius 3 is 2.85 bits per heavy atom. The van der Waals surface area contributed by atoms with Crippen molar-refractivity contribution in [1.82, 2.24) is 15.0 Å². The maximum atomic E-state index is 11.7. The summed E-state index contributed by atoms with van der Waals surface area (Å²) in [5, 5.41) is 2.81. The Balaban J connectivity index is 1.23. The average molecular weight is 438 g/mol. The summed E-state index contributed by atoms with van der Waals surface area (Å²) in [4.78, 5) is 24.0. The van der Waals surface area contributed by atoms with Crippen LogP contribution in [0.2, 0.25) is 0 Å². The summed E-state index contributed by atoms with van der Waals surface area (Å²) in [5.41, 5.74) is 4.12. The minimum Gasteiger partial charge on any atom is -0.493 e. The largest absolute Gasteiger partial charge is 0.493 e. The number of amides is 1. The van der Waals surface area contributed by atoms with E-state index in [2.05, 4.69) is 32.4 Å². The van der Waals surface area contributed by atoms with Gasteiger partial charge in [0.1, 0.15) is 28.9 Å². The molecule has 0 radical (unpaired) electrons. The molecule has 7 heteroatoms. The highest BCUT2D eigenvalue weighted by Gasteiger charge is 2.25. The number of nitrogens with zero attached hydrogens (tertiary/aromatic N) is 2. The molecule has 0 saturated heterocycles. The first-order chi connectivity index (χ1) is 16.2. The first kappa shape index (κ1) is 19.5. The number of hydrogen-bond donors (Lipinski definition) is 2. The number of aromatic amines is 1. The Hall–Kier alpha value is -4.13. The number of H-pyrrole nitrogens is 1. The Morgan fingerprint density at radius 2 is 1.94 bits per heavy atom. The Morgan fingerprint density at radius 1 is 1.03 bits per heavy atom. The Bertz CT molecular complexity index is 1330. The third-order valence-electron chi connectivity index (χ3n) is 6.11. The van der Waals surface area contributed by atoms with E-state index in [1.165, 1.54) is 0 Å². The molecular weight excluding hydrogens is 416 g/mol. The average Bonchev–Trinajstić information content (AvgIpc) is 3.35. The lowest BCUT2D eigenvalue weighted by Crippen LogP contribution is -2.20. The van der Waals surface area contributed by atoms with Crippen molar-refractivity contribution in [2.75, 3.05) is 11.9 Å². The summed E-state index contributed by atoms with van der Waals surface area (Å²) in [6.45, 7) is 0.576. The molecule has 2 N–H and O–H groups in total. The molecule has 2 aliphatic heterocycles. The molecule has 0 bridgehead atoms. The zero-order valence-electron chi connectivity index (χ0n) is 17.9. The lowest BCUT2D eigenvalue weighted by atomic mass is 9.96. The molecule has 6 rings (SSSR count). The van der Waals surface area contributed by atoms with E-state index in [1.54, 1.807) is 6.20 Å². The van der Waals surface area contributed by atoms with Crippen molar-refractivity contribution in [2.45, 2.75) is 25.2 Å². The van der Waals surface area contributed by atoms with Crippen LogP contribution in [0.15, 0.2) is 67.0 Å². The van der Waals surface area contributed by atoms with Crippen LogP contribution >= 0.6 is 0 Å². The molecule has 0 fully saturated rings. The second kappa shape index (κ2) is 8.09. The van der Waals surface area contributed by atoms with E-state index in [9.17, 15) is 4.79 Å². The molecule has 4 heterocycles. The van der Waals surface area contributed by atoms with E-state index in [0.717, 1.165) is 46.1 Å². The number of imidazole rings is 1. The molecule has 1 atom stereocenters. The summed E-state index contributed by atoms with van der Waals surface area (Å²) in [5.74, 6) is 3.94. The van der Waals surface area contributed by atoms with Gasteiger partial charge in [0.15, 0.2) is 0 Å². The number of carbonyl (C=O) groups excluding carboxylic acids is 1. The first-order valence-electron chi connectivity index (χ1n) is 11.0. The second-order valence-corrected chi connectivity index (χ2v) is 8.32. The minimum absolute atomic E-state index is 0.0162. The third-order valence-corrected chi connectivity index (χ3v) is 6.11. The normalized spacial score (nSPS) is 16.8. The van der Waals surface area contributed by atoms with Gasteiger partial charge in [-0.05, 0) is 48.2 Å². The van der Waals surface area contributed by atoms with Gasteiger partial charge in [0.05, 0.1) is 24.4 Å². The Kier molecular flexibility index (Phi) is 4.79. The van der Waals surface area contributed by atoms with Crippen LogP contribution in [0.4, 0.5) is 5.82 Å². The second-order valence-electron chi connectivity index (χ2n) is 8.32. The van der Waals surface area contributed by atoms with Gasteiger partial charge in [0, 0.05) is 18.2 Å². The summed E-state index contributed by atoms with van der Waals surface area (Å²) in [6, 6.07) is 17.9. The molecule has 2 aromatic carbocycles. The van der Waals surface area contributed by atoms with Gasteiger partial charge in [0.2, 0.25) is 5.91 Å². The van der Waals surface area contributed by atoms with Crippen LogP contribution in [-0.4, -0.2) is 27.5 Å². The number of nitrogens with one attached hydrogen (secondary N) is 2. The standard InChI is InChI=1S/C26H22N4O3/c31-24-9-7-20-23(10-11-27-26(20)30-24)33-19-6-8-22-17(13-19)12-18(15-32-22)25-28-14-21(29-25)16-4-2-1-3-5-16/h1-6,8,10-11,13-14,18H,7,9,12,15H2,(H,28,29)(H,27,30,31)/t18-/m0/s1. The van der Waals surface area contributed by atoms with Crippen molar-refractivity contribution in [3.8, 4) is 28.5 Å². The van der Waals surface area contributed by atoms with E-state index in [0.29, 0.717) is 31.0 Å². The molecule has 33 heavy (non-hydrogen) atoms. The number of pyridine rings is 1. The molecule has 4 aromatic rings. The highest BCUT2D eigenvalue weighted by atomic mass is 16.5. The summed E-state index contributed by atoms with van der Waals surface area (Å²) in [6.07, 6.45) is 5.38. The fourth-order valence-electron chi connectivity index (χ4n) is 4.40. The van der Waals surface area contributed by atoms with Gasteiger partial charge in [-0.1, -0.05) is 30.3 Å². The van der Waals surface area contributed by atoms with Gasteiger partial charge in [-0.15, -0.1) is 0 Å². The van der Waals surface area contributed by atoms with Gasteiger partial charge < -0.3 is 19.8 Å². The highest BCUT2D eigenvalue weighted by Crippen LogP contribution is 2.37. The van der Waals surface area contributed by atoms with Crippen molar-refractivity contribution in [3.05, 3.63) is 83.9 Å². The van der Waals surface area contributed by atoms with Crippen molar-refractivity contribution >= 4 is 11.7 Å². The SMILES string of the molecule is O=C1CCc2c(Oc3ccc4c(c3)C[C@H](c3ncc(-c5ccccc5)[nH]3)CO4)ccnc2N1. The van der Waals surface area contributed by atoms with Crippen LogP contribution in [0, 0.1) is 0 Å². The molecule has 0 saturated carbocycles. The number of benzene rings is 2. The van der Waals surface area contributed by atoms with E-state index < -0.39 is 0 Å². The third kappa shape index (κ3) is 3.82. The van der Waals surface area contributed by atoms with E-state index >= 15 is 0 Å². The lowest BCUT2D eigenvalue weighted by molar-refractivity contribution is -0.116. The molecule has 7 nitrogen and oxygen atoms in total. The predicted octanol–water partition coefficient (Wildman–Crippen LogP) is 4.87. The maximum absolute atomic E-state index is 11.7. The van der Waals surface area contributed by atoms with Crippen molar-refractivity contribution in [1.29, 1.82) is 0 Å². The van der Waals surface area contributed by atoms with E-state index in [-0.39, 0.29) is 11.8 Å². The summed E-state index contributed by atoms with van der Waals surface area (Å²) >= 11 is 0. The highest BCUT2D eigenvalue weighted by molar-refractivity contribution is 5.93. The van der Waals surface area contributed by atoms with Gasteiger partial charge >= 0.3 is 0 Å². The number of rotatable bonds is 4. The molecular formula is C26H22N4O3. The number of anilines is 1. The van der Waals surface area contributed by atoms with Gasteiger partial charge in [0.25, 0.3) is 0 Å². The number of fused-ring (bicyclic) bond motifs is 2. The van der Waals surface area contributed by atoms with E-state index in [4.69, 9.17) is 9.47 Å². The molecule has 164 valence electrons. The fourth-order valence-corrected chi connectivity index (χ4v) is 4.40. The zero-order valence-corrected chi connectivity index (χ0v) is 17.9. The number of carbonyl (C=O) groups is 1. The fraction of sp³-hybridized carbons (Fsp3) is 0.192. The van der Waals surface area contributed by atoms with Gasteiger partial charge in [-0.3, -0.25) is 4.79 Å². The van der Waals surface area contributed by atoms with Crippen LogP contribution in [-0.2, 0) is 17.6 Å². The first-order valence-corrected chi connectivity index (χ1v) is 11.0. The van der Waals surface area contributed by atoms with Crippen molar-refractivity contribution in [2.24, 2.45) is 0 Å². The smallest absolute Gasteiger partial charge is 0.225 e. The van der Waals surface area contributed by atoms with Gasteiger partial charge in [-0.2, -0.15) is 0 Å². The molecule has 1 amide bonds. The van der Waals surface area contributed by atoms with Crippen LogP contribution in [0.25, 0.3) is 11.3 Å². The summed E-state index contributed by atoms with van der Waals surface area (Å²) in [7, 11) is 0. The predicted molar refractivity (Wildman–Crippen MR) is 124 cm³/mol. The Labute approximate surface area is 190 Å². The maximum Gasteiger partial charge on any atom is 0.225 e. The van der Waals surface area contributed by atoms with E-state index in [1.807, 2.05) is 48.7 Å².